The summed E-state index contributed by atoms with van der Waals surface area (Å²) in [5.74, 6) is 0.781. The standard InChI is InChI=1S/C15H32N2O/c1-4-5-10-18-11-9-17-8-6-7-16-15(13-17)12-14(2)3/h14-16H,4-13H2,1-3H3. The highest BCUT2D eigenvalue weighted by Crippen LogP contribution is 2.09. The highest BCUT2D eigenvalue weighted by Gasteiger charge is 2.17. The smallest absolute Gasteiger partial charge is 0.0593 e. The third-order valence-electron chi connectivity index (χ3n) is 3.51. The molecule has 0 spiro atoms. The van der Waals surface area contributed by atoms with E-state index in [0.717, 1.165) is 25.7 Å². The number of ether oxygens (including phenoxy) is 1. The summed E-state index contributed by atoms with van der Waals surface area (Å²) in [6, 6.07) is 0.670. The molecule has 1 N–H and O–H groups in total. The third kappa shape index (κ3) is 7.34. The zero-order valence-corrected chi connectivity index (χ0v) is 12.6. The van der Waals surface area contributed by atoms with Crippen molar-refractivity contribution in [3.8, 4) is 0 Å². The van der Waals surface area contributed by atoms with Crippen LogP contribution in [0.3, 0.4) is 0 Å². The average Bonchev–Trinajstić information content (AvgIpc) is 2.53. The van der Waals surface area contributed by atoms with Gasteiger partial charge in [0.05, 0.1) is 6.61 Å². The van der Waals surface area contributed by atoms with Gasteiger partial charge < -0.3 is 10.1 Å². The summed E-state index contributed by atoms with van der Waals surface area (Å²) < 4.78 is 5.67. The van der Waals surface area contributed by atoms with E-state index in [1.165, 1.54) is 45.3 Å². The molecule has 1 rings (SSSR count). The maximum atomic E-state index is 5.67. The molecule has 1 aliphatic heterocycles. The van der Waals surface area contributed by atoms with Gasteiger partial charge in [-0.3, -0.25) is 4.90 Å². The maximum absolute atomic E-state index is 5.67. The Balaban J connectivity index is 2.17. The van der Waals surface area contributed by atoms with E-state index in [1.807, 2.05) is 0 Å². The first-order valence-electron chi connectivity index (χ1n) is 7.75. The molecule has 1 fully saturated rings. The quantitative estimate of drug-likeness (QED) is 0.675. The van der Waals surface area contributed by atoms with Gasteiger partial charge in [0.25, 0.3) is 0 Å². The minimum atomic E-state index is 0.670. The Morgan fingerprint density at radius 1 is 1.33 bits per heavy atom. The molecule has 1 heterocycles. The molecule has 0 aromatic rings. The van der Waals surface area contributed by atoms with Crippen molar-refractivity contribution in [3.63, 3.8) is 0 Å². The summed E-state index contributed by atoms with van der Waals surface area (Å²) >= 11 is 0. The van der Waals surface area contributed by atoms with Gasteiger partial charge in [0.15, 0.2) is 0 Å². The van der Waals surface area contributed by atoms with Gasteiger partial charge in [0.1, 0.15) is 0 Å². The van der Waals surface area contributed by atoms with E-state index in [-0.39, 0.29) is 0 Å². The van der Waals surface area contributed by atoms with Crippen LogP contribution in [0.15, 0.2) is 0 Å². The summed E-state index contributed by atoms with van der Waals surface area (Å²) in [6.45, 7) is 13.3. The predicted octanol–water partition coefficient (Wildman–Crippen LogP) is 2.51. The Bertz CT molecular complexity index is 197. The molecule has 3 nitrogen and oxygen atoms in total. The van der Waals surface area contributed by atoms with Crippen LogP contribution in [0.2, 0.25) is 0 Å². The van der Waals surface area contributed by atoms with Crippen molar-refractivity contribution < 1.29 is 4.74 Å². The first-order valence-corrected chi connectivity index (χ1v) is 7.75. The van der Waals surface area contributed by atoms with E-state index in [0.29, 0.717) is 6.04 Å². The summed E-state index contributed by atoms with van der Waals surface area (Å²) in [7, 11) is 0. The number of nitrogens with one attached hydrogen (secondary N) is 1. The fourth-order valence-corrected chi connectivity index (χ4v) is 2.55. The molecule has 0 amide bonds. The van der Waals surface area contributed by atoms with Crippen molar-refractivity contribution >= 4 is 0 Å². The second kappa shape index (κ2) is 9.76. The van der Waals surface area contributed by atoms with Gasteiger partial charge in [-0.15, -0.1) is 0 Å². The lowest BCUT2D eigenvalue weighted by atomic mass is 10.0. The number of nitrogens with zero attached hydrogens (tertiary/aromatic N) is 1. The lowest BCUT2D eigenvalue weighted by Crippen LogP contribution is -2.39. The van der Waals surface area contributed by atoms with Gasteiger partial charge in [-0.1, -0.05) is 27.2 Å². The first-order chi connectivity index (χ1) is 8.72. The van der Waals surface area contributed by atoms with Gasteiger partial charge in [0, 0.05) is 25.7 Å². The summed E-state index contributed by atoms with van der Waals surface area (Å²) in [5.41, 5.74) is 0. The highest BCUT2D eigenvalue weighted by atomic mass is 16.5. The first kappa shape index (κ1) is 15.9. The van der Waals surface area contributed by atoms with E-state index in [4.69, 9.17) is 4.74 Å². The van der Waals surface area contributed by atoms with Crippen LogP contribution in [-0.4, -0.2) is 50.3 Å². The van der Waals surface area contributed by atoms with E-state index >= 15 is 0 Å². The highest BCUT2D eigenvalue weighted by molar-refractivity contribution is 4.77. The third-order valence-corrected chi connectivity index (χ3v) is 3.51. The van der Waals surface area contributed by atoms with Crippen LogP contribution < -0.4 is 5.32 Å². The van der Waals surface area contributed by atoms with Crippen LogP contribution in [0, 0.1) is 5.92 Å². The second-order valence-corrected chi connectivity index (χ2v) is 5.90. The van der Waals surface area contributed by atoms with E-state index < -0.39 is 0 Å². The molecule has 0 bridgehead atoms. The van der Waals surface area contributed by atoms with Crippen molar-refractivity contribution in [3.05, 3.63) is 0 Å². The molecule has 0 aromatic carbocycles. The normalized spacial score (nSPS) is 22.3. The minimum Gasteiger partial charge on any atom is -0.380 e. The molecule has 3 heteroatoms. The number of rotatable bonds is 8. The predicted molar refractivity (Wildman–Crippen MR) is 78.0 cm³/mol. The van der Waals surface area contributed by atoms with Crippen LogP contribution in [0.1, 0.15) is 46.5 Å². The molecule has 0 aromatic heterocycles. The van der Waals surface area contributed by atoms with Crippen molar-refractivity contribution in [2.24, 2.45) is 5.92 Å². The fraction of sp³-hybridized carbons (Fsp3) is 1.00. The lowest BCUT2D eigenvalue weighted by molar-refractivity contribution is 0.100. The Kier molecular flexibility index (Phi) is 8.64. The van der Waals surface area contributed by atoms with Crippen LogP contribution in [0.25, 0.3) is 0 Å². The Labute approximate surface area is 113 Å². The van der Waals surface area contributed by atoms with Crippen LogP contribution >= 0.6 is 0 Å². The van der Waals surface area contributed by atoms with Crippen molar-refractivity contribution in [2.45, 2.75) is 52.5 Å². The summed E-state index contributed by atoms with van der Waals surface area (Å²) in [5, 5.41) is 3.67. The molecule has 108 valence electrons. The Morgan fingerprint density at radius 3 is 2.89 bits per heavy atom. The number of unbranched alkanes of at least 4 members (excludes halogenated alkanes) is 1. The topological polar surface area (TPSA) is 24.5 Å². The SMILES string of the molecule is CCCCOCCN1CCCNC(CC(C)C)C1. The summed E-state index contributed by atoms with van der Waals surface area (Å²) in [4.78, 5) is 2.57. The van der Waals surface area contributed by atoms with Crippen LogP contribution in [-0.2, 0) is 4.74 Å². The largest absolute Gasteiger partial charge is 0.380 e. The Morgan fingerprint density at radius 2 is 2.17 bits per heavy atom. The molecule has 0 radical (unpaired) electrons. The van der Waals surface area contributed by atoms with Gasteiger partial charge in [0.2, 0.25) is 0 Å². The molecule has 0 saturated carbocycles. The Hall–Kier alpha value is -0.120. The molecule has 1 atom stereocenters. The van der Waals surface area contributed by atoms with E-state index in [1.54, 1.807) is 0 Å². The molecule has 1 unspecified atom stereocenters. The van der Waals surface area contributed by atoms with Crippen LogP contribution in [0.4, 0.5) is 0 Å². The van der Waals surface area contributed by atoms with Gasteiger partial charge in [-0.2, -0.15) is 0 Å². The molecular weight excluding hydrogens is 224 g/mol. The van der Waals surface area contributed by atoms with Crippen molar-refractivity contribution in [1.29, 1.82) is 0 Å². The molecular formula is C15H32N2O. The van der Waals surface area contributed by atoms with Gasteiger partial charge in [-0.05, 0) is 38.3 Å². The van der Waals surface area contributed by atoms with Gasteiger partial charge in [-0.25, -0.2) is 0 Å². The fourth-order valence-electron chi connectivity index (χ4n) is 2.55. The van der Waals surface area contributed by atoms with Crippen molar-refractivity contribution in [2.75, 3.05) is 39.4 Å². The minimum absolute atomic E-state index is 0.670. The van der Waals surface area contributed by atoms with Gasteiger partial charge >= 0.3 is 0 Å². The molecule has 1 aliphatic rings. The van der Waals surface area contributed by atoms with Crippen LogP contribution in [0.5, 0.6) is 0 Å². The zero-order valence-electron chi connectivity index (χ0n) is 12.6. The molecule has 18 heavy (non-hydrogen) atoms. The van der Waals surface area contributed by atoms with Crippen molar-refractivity contribution in [1.82, 2.24) is 10.2 Å². The lowest BCUT2D eigenvalue weighted by Gasteiger charge is -2.25. The summed E-state index contributed by atoms with van der Waals surface area (Å²) in [6.07, 6.45) is 4.97. The average molecular weight is 256 g/mol. The zero-order chi connectivity index (χ0) is 13.2. The molecule has 1 saturated heterocycles. The molecule has 0 aliphatic carbocycles. The maximum Gasteiger partial charge on any atom is 0.0593 e. The monoisotopic (exact) mass is 256 g/mol. The van der Waals surface area contributed by atoms with E-state index in [9.17, 15) is 0 Å². The number of hydrogen-bond acceptors (Lipinski definition) is 3. The second-order valence-electron chi connectivity index (χ2n) is 5.90. The van der Waals surface area contributed by atoms with E-state index in [2.05, 4.69) is 31.0 Å². The number of hydrogen-bond donors (Lipinski definition) is 1.